The average molecular weight is 388 g/mol. The molecule has 0 bridgehead atoms. The van der Waals surface area contributed by atoms with Crippen molar-refractivity contribution < 1.29 is 8.63 Å². The molecule has 0 aliphatic rings. The van der Waals surface area contributed by atoms with E-state index in [4.69, 9.17) is 27.6 Å². The van der Waals surface area contributed by atoms with E-state index in [-0.39, 0.29) is 0 Å². The first-order valence-electron chi connectivity index (χ1n) is 6.57. The summed E-state index contributed by atoms with van der Waals surface area (Å²) in [5.41, 5.74) is 0.763. The first-order valence-corrected chi connectivity index (χ1v) is 9.63. The highest BCUT2D eigenvalue weighted by atomic mass is 35.5. The summed E-state index contributed by atoms with van der Waals surface area (Å²) < 4.78 is 17.8. The molecule has 1 atom stereocenters. The Morgan fingerprint density at radius 2 is 2.13 bits per heavy atom. The molecule has 1 aromatic carbocycles. The topological polar surface area (TPSA) is 71.8 Å². The van der Waals surface area contributed by atoms with Crippen LogP contribution in [0.2, 0.25) is 10.0 Å². The van der Waals surface area contributed by atoms with E-state index in [2.05, 4.69) is 15.2 Å². The van der Waals surface area contributed by atoms with Crippen LogP contribution in [-0.2, 0) is 10.8 Å². The number of H-pyrrole nitrogens is 1. The molecule has 0 aliphatic heterocycles. The van der Waals surface area contributed by atoms with Gasteiger partial charge in [-0.15, -0.1) is 10.2 Å². The highest BCUT2D eigenvalue weighted by Crippen LogP contribution is 2.26. The maximum Gasteiger partial charge on any atom is 0.276 e. The molecule has 9 heteroatoms. The fourth-order valence-electron chi connectivity index (χ4n) is 1.81. The maximum absolute atomic E-state index is 12.3. The van der Waals surface area contributed by atoms with Crippen LogP contribution >= 0.6 is 35.0 Å². The number of hydrogen-bond acceptors (Lipinski definition) is 5. The van der Waals surface area contributed by atoms with E-state index in [1.54, 1.807) is 24.4 Å². The molecule has 0 spiro atoms. The van der Waals surface area contributed by atoms with Crippen molar-refractivity contribution in [3.63, 3.8) is 0 Å². The molecular formula is C14H11Cl2N3O2S2. The van der Waals surface area contributed by atoms with Crippen molar-refractivity contribution in [3.05, 3.63) is 46.6 Å². The minimum atomic E-state index is -1.23. The summed E-state index contributed by atoms with van der Waals surface area (Å²) in [6.45, 7) is 0. The fraction of sp³-hybridized carbons (Fsp3) is 0.143. The predicted octanol–water partition coefficient (Wildman–Crippen LogP) is 4.27. The summed E-state index contributed by atoms with van der Waals surface area (Å²) in [4.78, 5) is 3.53. The summed E-state index contributed by atoms with van der Waals surface area (Å²) in [6.07, 6.45) is 1.78. The third-order valence-electron chi connectivity index (χ3n) is 2.87. The SMILES string of the molecule is O=S(CCSc1nnc(-c2ccc[nH]2)o1)c1cc(Cl)ccc1Cl. The van der Waals surface area contributed by atoms with Crippen LogP contribution < -0.4 is 0 Å². The predicted molar refractivity (Wildman–Crippen MR) is 92.5 cm³/mol. The van der Waals surface area contributed by atoms with Gasteiger partial charge in [-0.1, -0.05) is 35.0 Å². The van der Waals surface area contributed by atoms with E-state index in [9.17, 15) is 4.21 Å². The molecule has 3 rings (SSSR count). The minimum Gasteiger partial charge on any atom is -0.410 e. The highest BCUT2D eigenvalue weighted by Gasteiger charge is 2.12. The van der Waals surface area contributed by atoms with Gasteiger partial charge in [0.25, 0.3) is 11.1 Å². The van der Waals surface area contributed by atoms with Crippen LogP contribution in [0.1, 0.15) is 0 Å². The fourth-order valence-corrected chi connectivity index (χ4v) is 4.53. The van der Waals surface area contributed by atoms with Crippen molar-refractivity contribution in [2.45, 2.75) is 10.1 Å². The van der Waals surface area contributed by atoms with Gasteiger partial charge in [0.15, 0.2) is 0 Å². The van der Waals surface area contributed by atoms with E-state index in [0.29, 0.717) is 37.6 Å². The van der Waals surface area contributed by atoms with Gasteiger partial charge in [0.05, 0.1) is 20.7 Å². The maximum atomic E-state index is 12.3. The molecule has 1 unspecified atom stereocenters. The lowest BCUT2D eigenvalue weighted by molar-refractivity contribution is 0.465. The van der Waals surface area contributed by atoms with E-state index >= 15 is 0 Å². The Bertz CT molecular complexity index is 821. The number of thioether (sulfide) groups is 1. The Morgan fingerprint density at radius 1 is 1.26 bits per heavy atom. The lowest BCUT2D eigenvalue weighted by atomic mass is 10.4. The van der Waals surface area contributed by atoms with Gasteiger partial charge in [-0.05, 0) is 30.3 Å². The number of nitrogens with one attached hydrogen (secondary N) is 1. The van der Waals surface area contributed by atoms with Crippen molar-refractivity contribution in [2.24, 2.45) is 0 Å². The smallest absolute Gasteiger partial charge is 0.276 e. The number of aromatic amines is 1. The molecule has 0 amide bonds. The third-order valence-corrected chi connectivity index (χ3v) is 6.03. The van der Waals surface area contributed by atoms with Crippen molar-refractivity contribution in [3.8, 4) is 11.6 Å². The summed E-state index contributed by atoms with van der Waals surface area (Å²) in [7, 11) is -1.23. The Balaban J connectivity index is 1.57. The zero-order valence-electron chi connectivity index (χ0n) is 11.7. The minimum absolute atomic E-state index is 0.408. The number of aromatic nitrogens is 3. The number of halogens is 2. The van der Waals surface area contributed by atoms with Crippen molar-refractivity contribution in [1.29, 1.82) is 0 Å². The lowest BCUT2D eigenvalue weighted by Crippen LogP contribution is -2.01. The van der Waals surface area contributed by atoms with Gasteiger partial charge in [0.1, 0.15) is 5.69 Å². The van der Waals surface area contributed by atoms with Crippen LogP contribution in [0.25, 0.3) is 11.6 Å². The molecular weight excluding hydrogens is 377 g/mol. The first-order chi connectivity index (χ1) is 11.1. The Hall–Kier alpha value is -1.28. The van der Waals surface area contributed by atoms with Crippen LogP contribution in [0.5, 0.6) is 0 Å². The van der Waals surface area contributed by atoms with Gasteiger partial charge in [0, 0.05) is 22.7 Å². The van der Waals surface area contributed by atoms with Gasteiger partial charge >= 0.3 is 0 Å². The van der Waals surface area contributed by atoms with E-state index in [1.807, 2.05) is 12.1 Å². The van der Waals surface area contributed by atoms with Gasteiger partial charge in [-0.25, -0.2) is 0 Å². The molecule has 3 aromatic rings. The molecule has 5 nitrogen and oxygen atoms in total. The average Bonchev–Trinajstić information content (AvgIpc) is 3.20. The van der Waals surface area contributed by atoms with Crippen LogP contribution in [0.4, 0.5) is 0 Å². The monoisotopic (exact) mass is 387 g/mol. The molecule has 2 heterocycles. The standard InChI is InChI=1S/C14H11Cl2N3O2S2/c15-9-3-4-10(16)12(8-9)23(20)7-6-22-14-19-18-13(21-14)11-2-1-5-17-11/h1-5,8,17H,6-7H2. The molecule has 1 N–H and O–H groups in total. The first kappa shape index (κ1) is 16.6. The van der Waals surface area contributed by atoms with E-state index in [1.165, 1.54) is 11.8 Å². The van der Waals surface area contributed by atoms with Gasteiger partial charge in [-0.2, -0.15) is 0 Å². The van der Waals surface area contributed by atoms with Crippen molar-refractivity contribution in [1.82, 2.24) is 15.2 Å². The number of hydrogen-bond donors (Lipinski definition) is 1. The molecule has 0 saturated heterocycles. The number of benzene rings is 1. The zero-order chi connectivity index (χ0) is 16.2. The largest absolute Gasteiger partial charge is 0.410 e. The molecule has 120 valence electrons. The third kappa shape index (κ3) is 4.17. The van der Waals surface area contributed by atoms with E-state index in [0.717, 1.165) is 5.69 Å². The highest BCUT2D eigenvalue weighted by molar-refractivity contribution is 8.00. The molecule has 0 fully saturated rings. The second-order valence-electron chi connectivity index (χ2n) is 4.43. The van der Waals surface area contributed by atoms with Crippen LogP contribution in [0.3, 0.4) is 0 Å². The van der Waals surface area contributed by atoms with Crippen molar-refractivity contribution in [2.75, 3.05) is 11.5 Å². The second kappa shape index (κ2) is 7.53. The van der Waals surface area contributed by atoms with Gasteiger partial charge in [0.2, 0.25) is 0 Å². The number of nitrogens with zero attached hydrogens (tertiary/aromatic N) is 2. The van der Waals surface area contributed by atoms with Crippen molar-refractivity contribution >= 4 is 45.8 Å². The Kier molecular flexibility index (Phi) is 5.42. The van der Waals surface area contributed by atoms with Crippen LogP contribution in [0, 0.1) is 0 Å². The Labute approximate surface area is 149 Å². The van der Waals surface area contributed by atoms with Gasteiger partial charge in [-0.3, -0.25) is 4.21 Å². The normalized spacial score (nSPS) is 12.4. The molecule has 0 radical (unpaired) electrons. The zero-order valence-corrected chi connectivity index (χ0v) is 14.8. The molecule has 23 heavy (non-hydrogen) atoms. The molecule has 2 aromatic heterocycles. The molecule has 0 aliphatic carbocycles. The lowest BCUT2D eigenvalue weighted by Gasteiger charge is -2.04. The molecule has 0 saturated carbocycles. The summed E-state index contributed by atoms with van der Waals surface area (Å²) in [6, 6.07) is 8.63. The Morgan fingerprint density at radius 3 is 2.91 bits per heavy atom. The summed E-state index contributed by atoms with van der Waals surface area (Å²) in [5, 5.41) is 9.31. The summed E-state index contributed by atoms with van der Waals surface area (Å²) in [5.74, 6) is 1.39. The number of rotatable bonds is 6. The quantitative estimate of drug-likeness (QED) is 0.639. The van der Waals surface area contributed by atoms with Crippen LogP contribution in [-0.4, -0.2) is 30.9 Å². The van der Waals surface area contributed by atoms with Crippen LogP contribution in [0.15, 0.2) is 51.1 Å². The van der Waals surface area contributed by atoms with Gasteiger partial charge < -0.3 is 9.40 Å². The summed E-state index contributed by atoms with van der Waals surface area (Å²) >= 11 is 13.3. The second-order valence-corrected chi connectivity index (χ2v) is 7.86. The van der Waals surface area contributed by atoms with E-state index < -0.39 is 10.8 Å².